The minimum atomic E-state index is -0.288. The van der Waals surface area contributed by atoms with E-state index in [1.807, 2.05) is 23.6 Å². The third-order valence-corrected chi connectivity index (χ3v) is 4.04. The van der Waals surface area contributed by atoms with Crippen molar-refractivity contribution in [3.05, 3.63) is 0 Å². The molecule has 0 aromatic rings. The van der Waals surface area contributed by atoms with Gasteiger partial charge in [-0.05, 0) is 34.1 Å². The summed E-state index contributed by atoms with van der Waals surface area (Å²) in [5, 5.41) is 3.27. The highest BCUT2D eigenvalue weighted by Crippen LogP contribution is 2.24. The van der Waals surface area contributed by atoms with Crippen LogP contribution in [0.15, 0.2) is 4.99 Å². The van der Waals surface area contributed by atoms with Crippen LogP contribution in [0.25, 0.3) is 0 Å². The molecule has 0 aromatic heterocycles. The molecule has 0 unspecified atom stereocenters. The lowest BCUT2D eigenvalue weighted by atomic mass is 9.96. The maximum absolute atomic E-state index is 12.6. The summed E-state index contributed by atoms with van der Waals surface area (Å²) in [6.45, 7) is 12.1. The molecule has 0 radical (unpaired) electrons. The SMILES string of the molecule is CCCNC(=NCC(=O)N(C)C)N1CC(=O)N(C(C)C)C(C)(C)C1. The summed E-state index contributed by atoms with van der Waals surface area (Å²) < 4.78 is 0. The standard InChI is InChI=1S/C17H33N5O2/c1-8-9-18-16(19-10-14(23)20(6)7)21-11-15(24)22(13(2)3)17(4,5)12-21/h13H,8-12H2,1-7H3,(H,18,19). The summed E-state index contributed by atoms with van der Waals surface area (Å²) in [4.78, 5) is 34.3. The number of hydrogen-bond acceptors (Lipinski definition) is 3. The molecule has 24 heavy (non-hydrogen) atoms. The first-order valence-electron chi connectivity index (χ1n) is 8.65. The van der Waals surface area contributed by atoms with Gasteiger partial charge in [-0.2, -0.15) is 0 Å². The molecule has 7 nitrogen and oxygen atoms in total. The van der Waals surface area contributed by atoms with Gasteiger partial charge in [0.05, 0.1) is 12.1 Å². The molecule has 1 rings (SSSR count). The van der Waals surface area contributed by atoms with E-state index in [9.17, 15) is 9.59 Å². The van der Waals surface area contributed by atoms with Crippen molar-refractivity contribution >= 4 is 17.8 Å². The van der Waals surface area contributed by atoms with Crippen LogP contribution in [0.2, 0.25) is 0 Å². The summed E-state index contributed by atoms with van der Waals surface area (Å²) in [5.74, 6) is 0.667. The number of likely N-dealkylation sites (N-methyl/N-ethyl adjacent to an activating group) is 1. The molecular formula is C17H33N5O2. The highest BCUT2D eigenvalue weighted by atomic mass is 16.2. The predicted octanol–water partition coefficient (Wildman–Crippen LogP) is 0.761. The molecule has 0 aromatic carbocycles. The van der Waals surface area contributed by atoms with E-state index in [1.54, 1.807) is 14.1 Å². The second-order valence-electron chi connectivity index (χ2n) is 7.38. The molecule has 2 amide bonds. The molecule has 1 fully saturated rings. The Morgan fingerprint density at radius 2 is 2.00 bits per heavy atom. The lowest BCUT2D eigenvalue weighted by Gasteiger charge is -2.49. The number of guanidine groups is 1. The van der Waals surface area contributed by atoms with Crippen LogP contribution >= 0.6 is 0 Å². The largest absolute Gasteiger partial charge is 0.356 e. The van der Waals surface area contributed by atoms with E-state index >= 15 is 0 Å². The minimum Gasteiger partial charge on any atom is -0.356 e. The van der Waals surface area contributed by atoms with Crippen molar-refractivity contribution in [2.45, 2.75) is 52.6 Å². The number of aliphatic imine (C=N–C) groups is 1. The Balaban J connectivity index is 2.97. The van der Waals surface area contributed by atoms with Crippen molar-refractivity contribution < 1.29 is 9.59 Å². The van der Waals surface area contributed by atoms with Crippen LogP contribution in [0.1, 0.15) is 41.0 Å². The first kappa shape index (κ1) is 20.3. The molecule has 0 atom stereocenters. The van der Waals surface area contributed by atoms with Gasteiger partial charge in [0.1, 0.15) is 6.54 Å². The number of carbonyl (C=O) groups is 2. The number of piperazine rings is 1. The maximum atomic E-state index is 12.6. The Kier molecular flexibility index (Phi) is 7.05. The molecule has 1 aliphatic heterocycles. The van der Waals surface area contributed by atoms with E-state index in [0.29, 0.717) is 12.5 Å². The Labute approximate surface area is 146 Å². The zero-order chi connectivity index (χ0) is 18.5. The predicted molar refractivity (Wildman–Crippen MR) is 96.9 cm³/mol. The van der Waals surface area contributed by atoms with Gasteiger partial charge in [0.2, 0.25) is 11.8 Å². The molecule has 1 heterocycles. The number of rotatable bonds is 5. The fourth-order valence-corrected chi connectivity index (χ4v) is 3.10. The summed E-state index contributed by atoms with van der Waals surface area (Å²) in [6.07, 6.45) is 0.948. The van der Waals surface area contributed by atoms with Gasteiger partial charge in [0.25, 0.3) is 0 Å². The zero-order valence-electron chi connectivity index (χ0n) is 16.2. The topological polar surface area (TPSA) is 68.2 Å². The highest BCUT2D eigenvalue weighted by molar-refractivity contribution is 5.90. The van der Waals surface area contributed by atoms with E-state index in [2.05, 4.69) is 31.1 Å². The average Bonchev–Trinajstić information content (AvgIpc) is 2.44. The van der Waals surface area contributed by atoms with Gasteiger partial charge >= 0.3 is 0 Å². The monoisotopic (exact) mass is 339 g/mol. The first-order valence-corrected chi connectivity index (χ1v) is 8.65. The number of carbonyl (C=O) groups excluding carboxylic acids is 2. The van der Waals surface area contributed by atoms with E-state index in [-0.39, 0.29) is 36.5 Å². The van der Waals surface area contributed by atoms with E-state index in [0.717, 1.165) is 13.0 Å². The van der Waals surface area contributed by atoms with Crippen LogP contribution in [-0.2, 0) is 9.59 Å². The fraction of sp³-hybridized carbons (Fsp3) is 0.824. The van der Waals surface area contributed by atoms with Crippen LogP contribution in [0.4, 0.5) is 0 Å². The van der Waals surface area contributed by atoms with Crippen molar-refractivity contribution in [2.24, 2.45) is 4.99 Å². The van der Waals surface area contributed by atoms with Gasteiger partial charge < -0.3 is 20.0 Å². The van der Waals surface area contributed by atoms with Crippen LogP contribution in [-0.4, -0.2) is 84.3 Å². The summed E-state index contributed by atoms with van der Waals surface area (Å²) >= 11 is 0. The molecular weight excluding hydrogens is 306 g/mol. The van der Waals surface area contributed by atoms with Gasteiger partial charge in [-0.25, -0.2) is 4.99 Å². The molecule has 0 bridgehead atoms. The van der Waals surface area contributed by atoms with E-state index < -0.39 is 0 Å². The average molecular weight is 339 g/mol. The third-order valence-electron chi connectivity index (χ3n) is 4.04. The molecule has 1 N–H and O–H groups in total. The van der Waals surface area contributed by atoms with E-state index in [1.165, 1.54) is 4.90 Å². The summed E-state index contributed by atoms with van der Waals surface area (Å²) in [6, 6.07) is 0.161. The minimum absolute atomic E-state index is 0.0581. The molecule has 7 heteroatoms. The van der Waals surface area contributed by atoms with Crippen molar-refractivity contribution in [3.8, 4) is 0 Å². The van der Waals surface area contributed by atoms with Crippen molar-refractivity contribution in [1.82, 2.24) is 20.0 Å². The quantitative estimate of drug-likeness (QED) is 0.593. The Morgan fingerprint density at radius 1 is 1.38 bits per heavy atom. The zero-order valence-corrected chi connectivity index (χ0v) is 16.2. The molecule has 0 saturated carbocycles. The Bertz CT molecular complexity index is 485. The van der Waals surface area contributed by atoms with Gasteiger partial charge in [-0.15, -0.1) is 0 Å². The van der Waals surface area contributed by atoms with Crippen LogP contribution in [0, 0.1) is 0 Å². The number of amides is 2. The lowest BCUT2D eigenvalue weighted by Crippen LogP contribution is -2.66. The second-order valence-corrected chi connectivity index (χ2v) is 7.38. The first-order chi connectivity index (χ1) is 11.1. The summed E-state index contributed by atoms with van der Waals surface area (Å²) in [5.41, 5.74) is -0.288. The number of nitrogens with zero attached hydrogens (tertiary/aromatic N) is 4. The Morgan fingerprint density at radius 3 is 2.46 bits per heavy atom. The van der Waals surface area contributed by atoms with Crippen molar-refractivity contribution in [2.75, 3.05) is 40.3 Å². The fourth-order valence-electron chi connectivity index (χ4n) is 3.10. The van der Waals surface area contributed by atoms with Crippen molar-refractivity contribution in [3.63, 3.8) is 0 Å². The van der Waals surface area contributed by atoms with Gasteiger partial charge in [0.15, 0.2) is 5.96 Å². The number of nitrogens with one attached hydrogen (secondary N) is 1. The molecule has 1 saturated heterocycles. The normalized spacial score (nSPS) is 18.2. The van der Waals surface area contributed by atoms with Crippen LogP contribution in [0.5, 0.6) is 0 Å². The summed E-state index contributed by atoms with van der Waals surface area (Å²) in [7, 11) is 3.43. The molecule has 1 aliphatic rings. The van der Waals surface area contributed by atoms with Gasteiger partial charge in [-0.3, -0.25) is 9.59 Å². The maximum Gasteiger partial charge on any atom is 0.243 e. The third kappa shape index (κ3) is 5.11. The van der Waals surface area contributed by atoms with Crippen molar-refractivity contribution in [1.29, 1.82) is 0 Å². The van der Waals surface area contributed by atoms with Gasteiger partial charge in [0, 0.05) is 33.2 Å². The Hall–Kier alpha value is -1.79. The van der Waals surface area contributed by atoms with Gasteiger partial charge in [-0.1, -0.05) is 6.92 Å². The smallest absolute Gasteiger partial charge is 0.243 e. The molecule has 0 spiro atoms. The number of hydrogen-bond donors (Lipinski definition) is 1. The molecule has 138 valence electrons. The molecule has 0 aliphatic carbocycles. The second kappa shape index (κ2) is 8.35. The lowest BCUT2D eigenvalue weighted by molar-refractivity contribution is -0.145. The highest BCUT2D eigenvalue weighted by Gasteiger charge is 2.40. The van der Waals surface area contributed by atoms with E-state index in [4.69, 9.17) is 0 Å². The van der Waals surface area contributed by atoms with Crippen LogP contribution < -0.4 is 5.32 Å². The van der Waals surface area contributed by atoms with Crippen LogP contribution in [0.3, 0.4) is 0 Å².